The monoisotopic (exact) mass is 426 g/mol. The molecule has 3 fully saturated rings. The molecule has 1 saturated carbocycles. The van der Waals surface area contributed by atoms with Gasteiger partial charge < -0.3 is 27.0 Å². The molecule has 8 nitrogen and oxygen atoms in total. The van der Waals surface area contributed by atoms with Gasteiger partial charge in [-0.05, 0) is 61.8 Å². The number of hydrogen-bond donors (Lipinski definition) is 4. The topological polar surface area (TPSA) is 126 Å². The van der Waals surface area contributed by atoms with Gasteiger partial charge in [-0.25, -0.2) is 4.99 Å². The molecular formula is C23H34N6O2. The van der Waals surface area contributed by atoms with E-state index >= 15 is 0 Å². The average Bonchev–Trinajstić information content (AvgIpc) is 3.27. The second-order valence-corrected chi connectivity index (χ2v) is 9.04. The van der Waals surface area contributed by atoms with E-state index in [0.717, 1.165) is 31.4 Å². The van der Waals surface area contributed by atoms with Gasteiger partial charge in [-0.3, -0.25) is 9.59 Å². The number of rotatable bonds is 5. The van der Waals surface area contributed by atoms with Crippen LogP contribution in [-0.4, -0.2) is 47.8 Å². The second-order valence-electron chi connectivity index (χ2n) is 9.04. The molecule has 2 amide bonds. The molecule has 3 aliphatic rings. The fourth-order valence-electron chi connectivity index (χ4n) is 5.51. The molecule has 0 bridgehead atoms. The third-order valence-corrected chi connectivity index (χ3v) is 7.04. The number of nitrogens with one attached hydrogen (secondary N) is 2. The standard InChI is InChI=1S/C23H34N6O2/c24-23(25)28-17-9-7-15(8-10-17)14-27-21(30)19-6-3-13-29(19)22(31)20-18-5-2-1-4-16(18)11-12-26-20/h7-10,16,18-20,26H,1-6,11-14H2,(H,27,30)(H4,24,25,28)/t16-,18?,19-,20+/m0/s1. The van der Waals surface area contributed by atoms with Gasteiger partial charge in [-0.1, -0.05) is 31.4 Å². The molecule has 168 valence electrons. The molecule has 6 N–H and O–H groups in total. The van der Waals surface area contributed by atoms with Crippen LogP contribution in [0, 0.1) is 11.8 Å². The van der Waals surface area contributed by atoms with Crippen LogP contribution in [0.5, 0.6) is 0 Å². The van der Waals surface area contributed by atoms with E-state index in [4.69, 9.17) is 11.5 Å². The maximum absolute atomic E-state index is 13.4. The van der Waals surface area contributed by atoms with Crippen molar-refractivity contribution in [3.05, 3.63) is 29.8 Å². The highest BCUT2D eigenvalue weighted by atomic mass is 16.2. The molecule has 2 heterocycles. The molecule has 8 heteroatoms. The van der Waals surface area contributed by atoms with Gasteiger partial charge in [0, 0.05) is 13.1 Å². The Kier molecular flexibility index (Phi) is 6.75. The Balaban J connectivity index is 1.35. The molecule has 31 heavy (non-hydrogen) atoms. The van der Waals surface area contributed by atoms with E-state index in [1.54, 1.807) is 0 Å². The number of carbonyl (C=O) groups excluding carboxylic acids is 2. The molecule has 4 rings (SSSR count). The Bertz CT molecular complexity index is 818. The lowest BCUT2D eigenvalue weighted by atomic mass is 9.71. The number of piperidine rings is 1. The number of amides is 2. The van der Waals surface area contributed by atoms with Crippen molar-refractivity contribution in [3.8, 4) is 0 Å². The third-order valence-electron chi connectivity index (χ3n) is 7.04. The third kappa shape index (κ3) is 5.01. The molecule has 4 atom stereocenters. The van der Waals surface area contributed by atoms with E-state index in [0.29, 0.717) is 30.6 Å². The summed E-state index contributed by atoms with van der Waals surface area (Å²) >= 11 is 0. The van der Waals surface area contributed by atoms with Crippen molar-refractivity contribution in [1.82, 2.24) is 15.5 Å². The number of nitrogens with zero attached hydrogens (tertiary/aromatic N) is 2. The van der Waals surface area contributed by atoms with Gasteiger partial charge >= 0.3 is 0 Å². The van der Waals surface area contributed by atoms with Crippen LogP contribution in [0.4, 0.5) is 5.69 Å². The molecular weight excluding hydrogens is 392 g/mol. The quantitative estimate of drug-likeness (QED) is 0.418. The maximum Gasteiger partial charge on any atom is 0.243 e. The minimum atomic E-state index is -0.376. The van der Waals surface area contributed by atoms with Gasteiger partial charge in [-0.2, -0.15) is 0 Å². The summed E-state index contributed by atoms with van der Waals surface area (Å²) in [4.78, 5) is 32.2. The summed E-state index contributed by atoms with van der Waals surface area (Å²) in [5, 5.41) is 6.49. The van der Waals surface area contributed by atoms with Gasteiger partial charge in [0.25, 0.3) is 0 Å². The first-order valence-electron chi connectivity index (χ1n) is 11.5. The van der Waals surface area contributed by atoms with Crippen molar-refractivity contribution < 1.29 is 9.59 Å². The fourth-order valence-corrected chi connectivity index (χ4v) is 5.51. The zero-order valence-corrected chi connectivity index (χ0v) is 18.1. The van der Waals surface area contributed by atoms with Crippen molar-refractivity contribution in [3.63, 3.8) is 0 Å². The van der Waals surface area contributed by atoms with E-state index in [2.05, 4.69) is 15.6 Å². The summed E-state index contributed by atoms with van der Waals surface area (Å²) in [6, 6.07) is 6.88. The van der Waals surface area contributed by atoms with Crippen molar-refractivity contribution in [2.24, 2.45) is 28.3 Å². The first-order valence-corrected chi connectivity index (χ1v) is 11.5. The lowest BCUT2D eigenvalue weighted by Gasteiger charge is -2.43. The Morgan fingerprint density at radius 1 is 1.06 bits per heavy atom. The van der Waals surface area contributed by atoms with Crippen LogP contribution in [0.2, 0.25) is 0 Å². The molecule has 1 aromatic rings. The molecule has 0 radical (unpaired) electrons. The first kappa shape index (κ1) is 21.6. The number of aliphatic imine (C=N–C) groups is 1. The smallest absolute Gasteiger partial charge is 0.243 e. The van der Waals surface area contributed by atoms with Crippen LogP contribution in [0.25, 0.3) is 0 Å². The predicted molar refractivity (Wildman–Crippen MR) is 120 cm³/mol. The zero-order chi connectivity index (χ0) is 21.8. The second kappa shape index (κ2) is 9.68. The maximum atomic E-state index is 13.4. The van der Waals surface area contributed by atoms with E-state index in [9.17, 15) is 9.59 Å². The summed E-state index contributed by atoms with van der Waals surface area (Å²) in [6.07, 6.45) is 7.61. The van der Waals surface area contributed by atoms with Crippen molar-refractivity contribution in [2.75, 3.05) is 13.1 Å². The number of benzene rings is 1. The van der Waals surface area contributed by atoms with Crippen LogP contribution in [0.3, 0.4) is 0 Å². The summed E-state index contributed by atoms with van der Waals surface area (Å²) in [6.45, 7) is 1.98. The van der Waals surface area contributed by atoms with Crippen molar-refractivity contribution >= 4 is 23.5 Å². The van der Waals surface area contributed by atoms with Crippen LogP contribution < -0.4 is 22.1 Å². The van der Waals surface area contributed by atoms with E-state index < -0.39 is 0 Å². The molecule has 2 aliphatic heterocycles. The Morgan fingerprint density at radius 2 is 1.84 bits per heavy atom. The summed E-state index contributed by atoms with van der Waals surface area (Å²) < 4.78 is 0. The highest BCUT2D eigenvalue weighted by molar-refractivity contribution is 5.90. The minimum absolute atomic E-state index is 0.0130. The molecule has 2 saturated heterocycles. The van der Waals surface area contributed by atoms with Crippen LogP contribution in [0.1, 0.15) is 50.5 Å². The summed E-state index contributed by atoms with van der Waals surface area (Å²) in [5.41, 5.74) is 12.4. The normalized spacial score (nSPS) is 27.9. The average molecular weight is 427 g/mol. The Morgan fingerprint density at radius 3 is 2.61 bits per heavy atom. The Hall–Kier alpha value is -2.61. The number of likely N-dealkylation sites (tertiary alicyclic amines) is 1. The highest BCUT2D eigenvalue weighted by Gasteiger charge is 2.43. The summed E-state index contributed by atoms with van der Waals surface area (Å²) in [5.74, 6) is 1.13. The van der Waals surface area contributed by atoms with Gasteiger partial charge in [-0.15, -0.1) is 0 Å². The summed E-state index contributed by atoms with van der Waals surface area (Å²) in [7, 11) is 0. The number of nitrogens with two attached hydrogens (primary N) is 2. The molecule has 0 aromatic heterocycles. The van der Waals surface area contributed by atoms with Crippen molar-refractivity contribution in [1.29, 1.82) is 0 Å². The highest BCUT2D eigenvalue weighted by Crippen LogP contribution is 2.38. The van der Waals surface area contributed by atoms with E-state index in [-0.39, 0.29) is 29.9 Å². The lowest BCUT2D eigenvalue weighted by Crippen LogP contribution is -2.58. The molecule has 1 unspecified atom stereocenters. The lowest BCUT2D eigenvalue weighted by molar-refractivity contribution is -0.142. The number of carbonyl (C=O) groups is 2. The zero-order valence-electron chi connectivity index (χ0n) is 18.1. The minimum Gasteiger partial charge on any atom is -0.370 e. The predicted octanol–water partition coefficient (Wildman–Crippen LogP) is 1.37. The Labute approximate surface area is 183 Å². The van der Waals surface area contributed by atoms with Crippen LogP contribution in [-0.2, 0) is 16.1 Å². The van der Waals surface area contributed by atoms with Crippen molar-refractivity contribution in [2.45, 2.75) is 63.6 Å². The van der Waals surface area contributed by atoms with Gasteiger partial charge in [0.05, 0.1) is 11.7 Å². The molecule has 1 aromatic carbocycles. The van der Waals surface area contributed by atoms with E-state index in [1.807, 2.05) is 29.2 Å². The molecule has 1 aliphatic carbocycles. The van der Waals surface area contributed by atoms with Gasteiger partial charge in [0.1, 0.15) is 6.04 Å². The number of hydrogen-bond acceptors (Lipinski definition) is 4. The van der Waals surface area contributed by atoms with E-state index in [1.165, 1.54) is 25.7 Å². The largest absolute Gasteiger partial charge is 0.370 e. The molecule has 0 spiro atoms. The van der Waals surface area contributed by atoms with Gasteiger partial charge in [0.15, 0.2) is 5.96 Å². The van der Waals surface area contributed by atoms with Crippen LogP contribution in [0.15, 0.2) is 29.3 Å². The van der Waals surface area contributed by atoms with Crippen LogP contribution >= 0.6 is 0 Å². The number of guanidine groups is 1. The SMILES string of the molecule is NC(N)=Nc1ccc(CNC(=O)[C@@H]2CCCN2C(=O)[C@@H]2NCC[C@@H]3CCCCC32)cc1. The first-order chi connectivity index (χ1) is 15.0. The number of fused-ring (bicyclic) bond motifs is 1. The van der Waals surface area contributed by atoms with Gasteiger partial charge in [0.2, 0.25) is 11.8 Å². The fraction of sp³-hybridized carbons (Fsp3) is 0.609.